The van der Waals surface area contributed by atoms with E-state index in [1.165, 1.54) is 7.11 Å². The molecule has 0 aliphatic heterocycles. The number of hydrogen-bond acceptors (Lipinski definition) is 4. The van der Waals surface area contributed by atoms with Gasteiger partial charge in [-0.2, -0.15) is 0 Å². The van der Waals surface area contributed by atoms with Crippen molar-refractivity contribution in [3.63, 3.8) is 0 Å². The van der Waals surface area contributed by atoms with E-state index >= 15 is 0 Å². The molecule has 4 heteroatoms. The van der Waals surface area contributed by atoms with Crippen molar-refractivity contribution >= 4 is 5.69 Å². The zero-order valence-corrected chi connectivity index (χ0v) is 11.0. The first-order valence-corrected chi connectivity index (χ1v) is 5.99. The zero-order valence-electron chi connectivity index (χ0n) is 11.0. The number of aryl methyl sites for hydroxylation is 1. The molecule has 0 aliphatic rings. The van der Waals surface area contributed by atoms with Crippen LogP contribution in [0.5, 0.6) is 17.2 Å². The highest BCUT2D eigenvalue weighted by Gasteiger charge is 2.03. The Kier molecular flexibility index (Phi) is 3.80. The Labute approximate surface area is 112 Å². The minimum absolute atomic E-state index is 0.128. The van der Waals surface area contributed by atoms with E-state index in [9.17, 15) is 10.2 Å². The molecule has 100 valence electrons. The Morgan fingerprint density at radius 3 is 2.47 bits per heavy atom. The summed E-state index contributed by atoms with van der Waals surface area (Å²) in [7, 11) is 1.52. The summed E-state index contributed by atoms with van der Waals surface area (Å²) in [6.45, 7) is 2.43. The topological polar surface area (TPSA) is 61.7 Å². The first-order chi connectivity index (χ1) is 9.10. The van der Waals surface area contributed by atoms with E-state index in [4.69, 9.17) is 4.74 Å². The van der Waals surface area contributed by atoms with Crippen molar-refractivity contribution in [2.24, 2.45) is 0 Å². The summed E-state index contributed by atoms with van der Waals surface area (Å²) < 4.78 is 4.99. The number of hydrogen-bond donors (Lipinski definition) is 3. The fourth-order valence-electron chi connectivity index (χ4n) is 1.82. The molecule has 0 amide bonds. The number of rotatable bonds is 4. The summed E-state index contributed by atoms with van der Waals surface area (Å²) in [6, 6.07) is 10.6. The van der Waals surface area contributed by atoms with E-state index in [2.05, 4.69) is 5.32 Å². The molecule has 0 atom stereocenters. The molecule has 2 rings (SSSR count). The van der Waals surface area contributed by atoms with Gasteiger partial charge < -0.3 is 20.3 Å². The van der Waals surface area contributed by atoms with E-state index in [1.54, 1.807) is 18.2 Å². The monoisotopic (exact) mass is 259 g/mol. The van der Waals surface area contributed by atoms with E-state index in [-0.39, 0.29) is 11.5 Å². The fraction of sp³-hybridized carbons (Fsp3) is 0.200. The maximum atomic E-state index is 9.68. The van der Waals surface area contributed by atoms with Gasteiger partial charge in [0.05, 0.1) is 7.11 Å². The normalized spacial score (nSPS) is 10.2. The third-order valence-corrected chi connectivity index (χ3v) is 2.94. The molecule has 2 aromatic rings. The Morgan fingerprint density at radius 2 is 1.84 bits per heavy atom. The molecule has 0 aliphatic carbocycles. The molecule has 4 nitrogen and oxygen atoms in total. The predicted molar refractivity (Wildman–Crippen MR) is 74.8 cm³/mol. The van der Waals surface area contributed by atoms with Crippen molar-refractivity contribution in [1.82, 2.24) is 0 Å². The number of nitrogens with one attached hydrogen (secondary N) is 1. The summed E-state index contributed by atoms with van der Waals surface area (Å²) in [5, 5.41) is 22.4. The number of ether oxygens (including phenoxy) is 1. The van der Waals surface area contributed by atoms with Gasteiger partial charge >= 0.3 is 0 Å². The van der Waals surface area contributed by atoms with Crippen LogP contribution in [0, 0.1) is 6.92 Å². The lowest BCUT2D eigenvalue weighted by Gasteiger charge is -2.10. The number of benzene rings is 2. The molecule has 3 N–H and O–H groups in total. The van der Waals surface area contributed by atoms with Crippen LogP contribution in [0.1, 0.15) is 11.1 Å². The van der Waals surface area contributed by atoms with E-state index in [0.29, 0.717) is 12.3 Å². The summed E-state index contributed by atoms with van der Waals surface area (Å²) in [5.41, 5.74) is 2.69. The van der Waals surface area contributed by atoms with Gasteiger partial charge in [-0.05, 0) is 48.4 Å². The van der Waals surface area contributed by atoms with Crippen molar-refractivity contribution in [2.75, 3.05) is 12.4 Å². The summed E-state index contributed by atoms with van der Waals surface area (Å²) in [4.78, 5) is 0. The first kappa shape index (κ1) is 13.1. The van der Waals surface area contributed by atoms with Gasteiger partial charge in [-0.25, -0.2) is 0 Å². The van der Waals surface area contributed by atoms with Crippen molar-refractivity contribution in [3.8, 4) is 17.2 Å². The lowest BCUT2D eigenvalue weighted by Crippen LogP contribution is -1.99. The Balaban J connectivity index is 2.05. The number of methoxy groups -OCH3 is 1. The van der Waals surface area contributed by atoms with Gasteiger partial charge in [-0.1, -0.05) is 6.07 Å². The Bertz CT molecular complexity index is 582. The molecular weight excluding hydrogens is 242 g/mol. The highest BCUT2D eigenvalue weighted by Crippen LogP contribution is 2.27. The molecule has 2 aromatic carbocycles. The third kappa shape index (κ3) is 3.10. The second kappa shape index (κ2) is 5.52. The first-order valence-electron chi connectivity index (χ1n) is 5.99. The SMILES string of the molecule is COc1ccc(CNc2ccc(O)c(C)c2)cc1O. The van der Waals surface area contributed by atoms with Gasteiger partial charge in [0.2, 0.25) is 0 Å². The van der Waals surface area contributed by atoms with Gasteiger partial charge in [-0.3, -0.25) is 0 Å². The zero-order chi connectivity index (χ0) is 13.8. The van der Waals surface area contributed by atoms with Crippen LogP contribution in [0.2, 0.25) is 0 Å². The molecule has 0 saturated heterocycles. The van der Waals surface area contributed by atoms with Crippen LogP contribution in [0.15, 0.2) is 36.4 Å². The van der Waals surface area contributed by atoms with Crippen LogP contribution < -0.4 is 10.1 Å². The molecule has 19 heavy (non-hydrogen) atoms. The predicted octanol–water partition coefficient (Wildman–Crippen LogP) is 3.03. The summed E-state index contributed by atoms with van der Waals surface area (Å²) in [6.07, 6.45) is 0. The summed E-state index contributed by atoms with van der Waals surface area (Å²) in [5.74, 6) is 0.876. The number of phenols is 2. The molecule has 0 heterocycles. The van der Waals surface area contributed by atoms with Gasteiger partial charge in [0.25, 0.3) is 0 Å². The molecule has 0 radical (unpaired) electrons. The van der Waals surface area contributed by atoms with Crippen molar-refractivity contribution in [3.05, 3.63) is 47.5 Å². The van der Waals surface area contributed by atoms with Crippen LogP contribution in [-0.4, -0.2) is 17.3 Å². The van der Waals surface area contributed by atoms with Crippen LogP contribution in [0.3, 0.4) is 0 Å². The second-order valence-corrected chi connectivity index (χ2v) is 4.36. The largest absolute Gasteiger partial charge is 0.508 e. The van der Waals surface area contributed by atoms with Gasteiger partial charge in [0, 0.05) is 12.2 Å². The number of aromatic hydroxyl groups is 2. The van der Waals surface area contributed by atoms with Gasteiger partial charge in [0.1, 0.15) is 5.75 Å². The smallest absolute Gasteiger partial charge is 0.160 e. The molecule has 0 bridgehead atoms. The highest BCUT2D eigenvalue weighted by molar-refractivity contribution is 5.51. The minimum Gasteiger partial charge on any atom is -0.508 e. The van der Waals surface area contributed by atoms with Gasteiger partial charge in [0.15, 0.2) is 11.5 Å². The average molecular weight is 259 g/mol. The molecule has 0 aromatic heterocycles. The van der Waals surface area contributed by atoms with Gasteiger partial charge in [-0.15, -0.1) is 0 Å². The number of anilines is 1. The van der Waals surface area contributed by atoms with E-state index < -0.39 is 0 Å². The molecule has 0 fully saturated rings. The Morgan fingerprint density at radius 1 is 1.05 bits per heavy atom. The van der Waals surface area contributed by atoms with Crippen molar-refractivity contribution in [1.29, 1.82) is 0 Å². The molecule has 0 unspecified atom stereocenters. The molecular formula is C15H17NO3. The minimum atomic E-state index is 0.128. The standard InChI is InChI=1S/C15H17NO3/c1-10-7-12(4-5-13(10)17)16-9-11-3-6-15(19-2)14(18)8-11/h3-8,16-18H,9H2,1-2H3. The van der Waals surface area contributed by atoms with E-state index in [0.717, 1.165) is 16.8 Å². The van der Waals surface area contributed by atoms with Crippen LogP contribution in [0.4, 0.5) is 5.69 Å². The fourth-order valence-corrected chi connectivity index (χ4v) is 1.82. The Hall–Kier alpha value is -2.36. The number of phenolic OH excluding ortho intramolecular Hbond substituents is 2. The molecule has 0 spiro atoms. The van der Waals surface area contributed by atoms with Crippen molar-refractivity contribution in [2.45, 2.75) is 13.5 Å². The maximum absolute atomic E-state index is 9.68. The van der Waals surface area contributed by atoms with Crippen molar-refractivity contribution < 1.29 is 14.9 Å². The van der Waals surface area contributed by atoms with Crippen LogP contribution in [-0.2, 0) is 6.54 Å². The summed E-state index contributed by atoms with van der Waals surface area (Å²) >= 11 is 0. The lowest BCUT2D eigenvalue weighted by atomic mass is 10.1. The third-order valence-electron chi connectivity index (χ3n) is 2.94. The van der Waals surface area contributed by atoms with Crippen LogP contribution >= 0.6 is 0 Å². The molecule has 0 saturated carbocycles. The maximum Gasteiger partial charge on any atom is 0.160 e. The quantitative estimate of drug-likeness (QED) is 0.739. The second-order valence-electron chi connectivity index (χ2n) is 4.36. The average Bonchev–Trinajstić information content (AvgIpc) is 2.40. The van der Waals surface area contributed by atoms with E-state index in [1.807, 2.05) is 25.1 Å². The van der Waals surface area contributed by atoms with Crippen LogP contribution in [0.25, 0.3) is 0 Å². The highest BCUT2D eigenvalue weighted by atomic mass is 16.5. The lowest BCUT2D eigenvalue weighted by molar-refractivity contribution is 0.373.